The summed E-state index contributed by atoms with van der Waals surface area (Å²) in [5.74, 6) is 1.05. The van der Waals surface area contributed by atoms with Gasteiger partial charge >= 0.3 is 0 Å². The lowest BCUT2D eigenvalue weighted by molar-refractivity contribution is 0.745. The first-order chi connectivity index (χ1) is 26.8. The molecule has 0 amide bonds. The van der Waals surface area contributed by atoms with Crippen LogP contribution in [0.25, 0.3) is 72.2 Å². The third kappa shape index (κ3) is 4.84. The molecule has 4 heteroatoms. The molecule has 0 N–H and O–H groups in total. The van der Waals surface area contributed by atoms with E-state index in [1.165, 1.54) is 38.8 Å². The summed E-state index contributed by atoms with van der Waals surface area (Å²) in [5, 5.41) is 3.41. The Kier molecular flexibility index (Phi) is 6.96. The Bertz CT molecular complexity index is 2940. The molecule has 11 rings (SSSR count). The highest BCUT2D eigenvalue weighted by Gasteiger charge is 2.37. The summed E-state index contributed by atoms with van der Waals surface area (Å²) in [7, 11) is 0. The number of fused-ring (bicyclic) bond motifs is 7. The lowest BCUT2D eigenvalue weighted by Crippen LogP contribution is -2.28. The van der Waals surface area contributed by atoms with Crippen molar-refractivity contribution in [2.45, 2.75) is 12.0 Å². The molecule has 0 fully saturated rings. The molecule has 254 valence electrons. The first-order valence-electron chi connectivity index (χ1n) is 18.6. The highest BCUT2D eigenvalue weighted by Crippen LogP contribution is 2.48. The van der Waals surface area contributed by atoms with E-state index >= 15 is 0 Å². The van der Waals surface area contributed by atoms with Gasteiger partial charge in [-0.1, -0.05) is 127 Å². The summed E-state index contributed by atoms with van der Waals surface area (Å²) in [6.45, 7) is 0. The van der Waals surface area contributed by atoms with Gasteiger partial charge in [-0.2, -0.15) is 0 Å². The van der Waals surface area contributed by atoms with E-state index < -0.39 is 0 Å². The second-order valence-electron chi connectivity index (χ2n) is 14.2. The number of anilines is 2. The summed E-state index contributed by atoms with van der Waals surface area (Å²) in [5.41, 5.74) is 13.5. The molecular formula is C50H34N4. The number of allylic oxidation sites excluding steroid dienone is 2. The van der Waals surface area contributed by atoms with Crippen molar-refractivity contribution in [3.05, 3.63) is 200 Å². The van der Waals surface area contributed by atoms with Crippen LogP contribution < -0.4 is 4.90 Å². The van der Waals surface area contributed by atoms with E-state index in [1.807, 2.05) is 0 Å². The molecule has 0 saturated carbocycles. The molecule has 4 nitrogen and oxygen atoms in total. The van der Waals surface area contributed by atoms with Crippen LogP contribution >= 0.6 is 0 Å². The van der Waals surface area contributed by atoms with Gasteiger partial charge in [0.2, 0.25) is 0 Å². The van der Waals surface area contributed by atoms with E-state index in [2.05, 4.69) is 204 Å². The van der Waals surface area contributed by atoms with E-state index in [-0.39, 0.29) is 6.04 Å². The molecule has 7 aromatic carbocycles. The summed E-state index contributed by atoms with van der Waals surface area (Å²) in [6, 6.07) is 60.9. The molecule has 0 radical (unpaired) electrons. The van der Waals surface area contributed by atoms with Crippen molar-refractivity contribution in [2.75, 3.05) is 4.90 Å². The SMILES string of the molecule is C1=CC2c3ccccc3N(c3ccc(-c4nc(-c5ccc6c(c5)c5ccccc5n6-c5ccccc5)nc5ccc(-c6ccccc6)cc45)cc3)C2C=C1. The van der Waals surface area contributed by atoms with Crippen molar-refractivity contribution in [2.24, 2.45) is 0 Å². The fourth-order valence-corrected chi connectivity index (χ4v) is 8.63. The van der Waals surface area contributed by atoms with Crippen molar-refractivity contribution < 1.29 is 0 Å². The fourth-order valence-electron chi connectivity index (χ4n) is 8.63. The normalized spacial score (nSPS) is 16.0. The van der Waals surface area contributed by atoms with Crippen molar-refractivity contribution in [1.82, 2.24) is 14.5 Å². The highest BCUT2D eigenvalue weighted by atomic mass is 15.2. The first-order valence-corrected chi connectivity index (χ1v) is 18.6. The third-order valence-electron chi connectivity index (χ3n) is 11.1. The number of rotatable bonds is 5. The lowest BCUT2D eigenvalue weighted by Gasteiger charge is -2.28. The van der Waals surface area contributed by atoms with Gasteiger partial charge < -0.3 is 9.47 Å². The minimum atomic E-state index is 0.251. The second-order valence-corrected chi connectivity index (χ2v) is 14.2. The number of hydrogen-bond acceptors (Lipinski definition) is 3. The molecule has 2 aliphatic rings. The van der Waals surface area contributed by atoms with Crippen LogP contribution in [-0.4, -0.2) is 20.6 Å². The van der Waals surface area contributed by atoms with Crippen LogP contribution in [0.1, 0.15) is 11.5 Å². The maximum atomic E-state index is 5.40. The van der Waals surface area contributed by atoms with Gasteiger partial charge in [0.1, 0.15) is 0 Å². The molecular weight excluding hydrogens is 657 g/mol. The molecule has 9 aromatic rings. The molecule has 1 aliphatic heterocycles. The van der Waals surface area contributed by atoms with Crippen LogP contribution in [0.2, 0.25) is 0 Å². The fraction of sp³-hybridized carbons (Fsp3) is 0.0400. The average Bonchev–Trinajstić information content (AvgIpc) is 3.76. The topological polar surface area (TPSA) is 34.0 Å². The summed E-state index contributed by atoms with van der Waals surface area (Å²) in [6.07, 6.45) is 8.99. The van der Waals surface area contributed by atoms with E-state index in [4.69, 9.17) is 9.97 Å². The van der Waals surface area contributed by atoms with Crippen LogP contribution in [0.5, 0.6) is 0 Å². The Morgan fingerprint density at radius 2 is 1.13 bits per heavy atom. The van der Waals surface area contributed by atoms with Crippen LogP contribution in [0, 0.1) is 0 Å². The maximum absolute atomic E-state index is 5.40. The molecule has 0 spiro atoms. The Morgan fingerprint density at radius 3 is 2.00 bits per heavy atom. The lowest BCUT2D eigenvalue weighted by atomic mass is 9.91. The van der Waals surface area contributed by atoms with Gasteiger partial charge in [-0.15, -0.1) is 0 Å². The molecule has 2 unspecified atom stereocenters. The number of para-hydroxylation sites is 3. The van der Waals surface area contributed by atoms with Crippen molar-refractivity contribution in [3.63, 3.8) is 0 Å². The summed E-state index contributed by atoms with van der Waals surface area (Å²) in [4.78, 5) is 13.1. The minimum absolute atomic E-state index is 0.251. The van der Waals surface area contributed by atoms with Gasteiger partial charge in [-0.05, 0) is 83.4 Å². The molecule has 0 saturated heterocycles. The van der Waals surface area contributed by atoms with Gasteiger partial charge in [0.25, 0.3) is 0 Å². The van der Waals surface area contributed by atoms with Crippen LogP contribution in [0.4, 0.5) is 11.4 Å². The van der Waals surface area contributed by atoms with Gasteiger partial charge in [0.05, 0.1) is 28.3 Å². The average molecular weight is 691 g/mol. The number of aromatic nitrogens is 3. The van der Waals surface area contributed by atoms with Crippen LogP contribution in [0.3, 0.4) is 0 Å². The smallest absolute Gasteiger partial charge is 0.160 e. The third-order valence-corrected chi connectivity index (χ3v) is 11.1. The second kappa shape index (κ2) is 12.3. The van der Waals surface area contributed by atoms with Gasteiger partial charge in [0, 0.05) is 50.3 Å². The number of benzene rings is 7. The van der Waals surface area contributed by atoms with E-state index in [0.717, 1.165) is 44.5 Å². The molecule has 0 bridgehead atoms. The zero-order chi connectivity index (χ0) is 35.6. The summed E-state index contributed by atoms with van der Waals surface area (Å²) < 4.78 is 2.34. The standard InChI is InChI=1S/C50H34N4/c1-3-13-33(14-4-1)35-25-29-44-43(31-35)49(34-23-27-38(28-24-34)54-45-20-10-7-17-39(45)40-18-8-11-21-46(40)54)52-50(51-44)36-26-30-48-42(32-36)41-19-9-12-22-47(41)53(48)37-15-5-2-6-16-37/h1-32,39,45H. The zero-order valence-electron chi connectivity index (χ0n) is 29.4. The van der Waals surface area contributed by atoms with E-state index in [9.17, 15) is 0 Å². The quantitative estimate of drug-likeness (QED) is 0.180. The molecule has 1 aliphatic carbocycles. The zero-order valence-corrected chi connectivity index (χ0v) is 29.4. The number of nitrogens with zero attached hydrogens (tertiary/aromatic N) is 4. The maximum Gasteiger partial charge on any atom is 0.160 e. The van der Waals surface area contributed by atoms with Crippen molar-refractivity contribution in [1.29, 1.82) is 0 Å². The molecule has 2 atom stereocenters. The largest absolute Gasteiger partial charge is 0.333 e. The Balaban J connectivity index is 1.07. The molecule has 54 heavy (non-hydrogen) atoms. The van der Waals surface area contributed by atoms with Crippen LogP contribution in [-0.2, 0) is 0 Å². The predicted octanol–water partition coefficient (Wildman–Crippen LogP) is 12.5. The van der Waals surface area contributed by atoms with Crippen molar-refractivity contribution in [3.8, 4) is 39.5 Å². The van der Waals surface area contributed by atoms with Gasteiger partial charge in [-0.25, -0.2) is 9.97 Å². The predicted molar refractivity (Wildman–Crippen MR) is 224 cm³/mol. The van der Waals surface area contributed by atoms with Gasteiger partial charge in [0.15, 0.2) is 5.82 Å². The Morgan fingerprint density at radius 1 is 0.444 bits per heavy atom. The monoisotopic (exact) mass is 690 g/mol. The van der Waals surface area contributed by atoms with Crippen LogP contribution in [0.15, 0.2) is 194 Å². The Hall–Kier alpha value is -7.04. The minimum Gasteiger partial charge on any atom is -0.333 e. The Labute approximate surface area is 313 Å². The van der Waals surface area contributed by atoms with E-state index in [1.54, 1.807) is 0 Å². The first kappa shape index (κ1) is 30.6. The highest BCUT2D eigenvalue weighted by molar-refractivity contribution is 6.10. The summed E-state index contributed by atoms with van der Waals surface area (Å²) >= 11 is 0. The number of hydrogen-bond donors (Lipinski definition) is 0. The molecule has 2 aromatic heterocycles. The molecule has 3 heterocycles. The van der Waals surface area contributed by atoms with E-state index in [0.29, 0.717) is 11.7 Å². The van der Waals surface area contributed by atoms with Gasteiger partial charge in [-0.3, -0.25) is 0 Å². The van der Waals surface area contributed by atoms with Crippen molar-refractivity contribution >= 4 is 44.1 Å².